The second kappa shape index (κ2) is 9.02. The second-order valence-corrected chi connectivity index (χ2v) is 12.7. The topological polar surface area (TPSA) is 66.8 Å². The largest absolute Gasteiger partial charge is 0.282 e. The fourth-order valence-corrected chi connectivity index (χ4v) is 6.57. The van der Waals surface area contributed by atoms with Crippen molar-refractivity contribution in [1.82, 2.24) is 5.01 Å². The lowest BCUT2D eigenvalue weighted by atomic mass is 10.1. The molecule has 0 bridgehead atoms. The molecule has 2 aromatic carbocycles. The number of imide groups is 1. The highest BCUT2D eigenvalue weighted by Crippen LogP contribution is 2.39. The minimum Gasteiger partial charge on any atom is -0.267 e. The summed E-state index contributed by atoms with van der Waals surface area (Å²) in [4.78, 5) is 26.2. The van der Waals surface area contributed by atoms with Crippen LogP contribution in [0.5, 0.6) is 0 Å². The summed E-state index contributed by atoms with van der Waals surface area (Å²) < 4.78 is 17.9. The zero-order valence-corrected chi connectivity index (χ0v) is 20.0. The normalized spacial score (nSPS) is 17.4. The molecule has 0 radical (unpaired) electrons. The first-order valence-corrected chi connectivity index (χ1v) is 12.5. The first kappa shape index (κ1) is 22.7. The van der Waals surface area contributed by atoms with Gasteiger partial charge in [0.05, 0.1) is 16.0 Å². The van der Waals surface area contributed by atoms with Crippen LogP contribution in [-0.4, -0.2) is 24.7 Å². The molecule has 7 heteroatoms. The number of rotatable bonds is 8. The summed E-state index contributed by atoms with van der Waals surface area (Å²) in [7, 11) is -3.19. The third-order valence-electron chi connectivity index (χ3n) is 5.36. The molecular weight excluding hydrogens is 464 g/mol. The first-order chi connectivity index (χ1) is 14.2. The number of amides is 2. The van der Waals surface area contributed by atoms with Crippen molar-refractivity contribution in [2.75, 3.05) is 0 Å². The van der Waals surface area contributed by atoms with E-state index in [0.717, 1.165) is 36.3 Å². The van der Waals surface area contributed by atoms with E-state index in [1.54, 1.807) is 36.4 Å². The van der Waals surface area contributed by atoms with E-state index >= 15 is 0 Å². The number of halogens is 1. The Balaban J connectivity index is 2.09. The van der Waals surface area contributed by atoms with Crippen LogP contribution < -0.4 is 0 Å². The molecule has 160 valence electrons. The van der Waals surface area contributed by atoms with Crippen LogP contribution >= 0.6 is 15.9 Å². The van der Waals surface area contributed by atoms with Gasteiger partial charge in [-0.1, -0.05) is 78.4 Å². The minimum atomic E-state index is -3.19. The van der Waals surface area contributed by atoms with Crippen molar-refractivity contribution in [2.24, 2.45) is 4.47 Å². The third-order valence-corrected chi connectivity index (χ3v) is 9.74. The number of carbonyl (C=O) groups is 2. The molecule has 0 saturated heterocycles. The summed E-state index contributed by atoms with van der Waals surface area (Å²) in [6, 6.07) is 13.9. The van der Waals surface area contributed by atoms with Gasteiger partial charge in [-0.15, -0.1) is 9.48 Å². The predicted molar refractivity (Wildman–Crippen MR) is 123 cm³/mol. The van der Waals surface area contributed by atoms with Crippen LogP contribution in [0.15, 0.2) is 57.9 Å². The van der Waals surface area contributed by atoms with Crippen LogP contribution in [0.2, 0.25) is 0 Å². The van der Waals surface area contributed by atoms with Crippen molar-refractivity contribution >= 4 is 37.5 Å². The lowest BCUT2D eigenvalue weighted by Gasteiger charge is -2.28. The monoisotopic (exact) mass is 490 g/mol. The summed E-state index contributed by atoms with van der Waals surface area (Å²) in [5, 5.41) is 0.790. The molecule has 0 fully saturated rings. The van der Waals surface area contributed by atoms with Crippen LogP contribution in [0.1, 0.15) is 72.2 Å². The Morgan fingerprint density at radius 3 is 2.07 bits per heavy atom. The van der Waals surface area contributed by atoms with Crippen LogP contribution in [-0.2, 0) is 9.73 Å². The Hall–Kier alpha value is -1.99. The maximum atomic E-state index is 14.4. The maximum Gasteiger partial charge on any atom is 0.282 e. The van der Waals surface area contributed by atoms with Crippen molar-refractivity contribution in [3.8, 4) is 0 Å². The van der Waals surface area contributed by atoms with Crippen LogP contribution in [0.4, 0.5) is 0 Å². The Morgan fingerprint density at radius 2 is 1.53 bits per heavy atom. The van der Waals surface area contributed by atoms with E-state index in [1.807, 2.05) is 26.0 Å². The van der Waals surface area contributed by atoms with Gasteiger partial charge in [-0.3, -0.25) is 9.59 Å². The molecule has 0 N–H and O–H groups in total. The summed E-state index contributed by atoms with van der Waals surface area (Å²) in [6.07, 6.45) is 4.70. The lowest BCUT2D eigenvalue weighted by Crippen LogP contribution is -2.33. The fourth-order valence-electron chi connectivity index (χ4n) is 3.47. The molecule has 2 atom stereocenters. The van der Waals surface area contributed by atoms with Crippen LogP contribution in [0, 0.1) is 6.92 Å². The van der Waals surface area contributed by atoms with E-state index in [-0.39, 0.29) is 11.1 Å². The average Bonchev–Trinajstić information content (AvgIpc) is 2.96. The van der Waals surface area contributed by atoms with Crippen molar-refractivity contribution in [3.63, 3.8) is 0 Å². The second-order valence-electron chi connectivity index (χ2n) is 7.80. The van der Waals surface area contributed by atoms with Crippen molar-refractivity contribution in [1.29, 1.82) is 0 Å². The summed E-state index contributed by atoms with van der Waals surface area (Å²) in [5.74, 6) is -1.07. The number of aryl methyl sites for hydroxylation is 1. The van der Waals surface area contributed by atoms with Crippen LogP contribution in [0.25, 0.3) is 0 Å². The van der Waals surface area contributed by atoms with Gasteiger partial charge in [0.2, 0.25) is 0 Å². The molecular formula is C23H27BrN2O3S. The lowest BCUT2D eigenvalue weighted by molar-refractivity contribution is 0.0661. The van der Waals surface area contributed by atoms with E-state index < -0.39 is 25.2 Å². The molecule has 2 aromatic rings. The minimum absolute atomic E-state index is 0.288. The number of benzene rings is 2. The Labute approximate surface area is 187 Å². The van der Waals surface area contributed by atoms with Gasteiger partial charge in [-0.25, -0.2) is 4.21 Å². The van der Waals surface area contributed by atoms with Gasteiger partial charge in [-0.05, 0) is 44.5 Å². The highest BCUT2D eigenvalue weighted by atomic mass is 79.9. The predicted octanol–water partition coefficient (Wildman–Crippen LogP) is 6.11. The van der Waals surface area contributed by atoms with Gasteiger partial charge in [0, 0.05) is 0 Å². The van der Waals surface area contributed by atoms with Crippen molar-refractivity contribution in [2.45, 2.75) is 61.4 Å². The van der Waals surface area contributed by atoms with E-state index in [4.69, 9.17) is 0 Å². The number of unbranched alkanes of at least 4 members (excludes halogenated alkanes) is 3. The first-order valence-electron chi connectivity index (χ1n) is 10.2. The standard InChI is InChI=1S/C23H27BrN2O3S/c1-4-5-6-9-16-23(3,24)30(29,18-14-12-17(2)13-15-18)25-26-21(27)19-10-7-8-11-20(19)22(26)28/h7-8,10-15H,4-6,9,16H2,1-3H3. The van der Waals surface area contributed by atoms with Gasteiger partial charge in [0.25, 0.3) is 11.8 Å². The smallest absolute Gasteiger partial charge is 0.267 e. The number of hydrogen-bond donors (Lipinski definition) is 0. The molecule has 30 heavy (non-hydrogen) atoms. The van der Waals surface area contributed by atoms with Gasteiger partial charge < -0.3 is 0 Å². The Bertz CT molecular complexity index is 1040. The maximum absolute atomic E-state index is 14.4. The molecule has 2 unspecified atom stereocenters. The zero-order valence-electron chi connectivity index (χ0n) is 17.6. The number of nitrogens with zero attached hydrogens (tertiary/aromatic N) is 2. The molecule has 1 aliphatic heterocycles. The Kier molecular flexibility index (Phi) is 6.82. The molecule has 1 aliphatic rings. The number of hydrogen-bond acceptors (Lipinski definition) is 4. The SMILES string of the molecule is CCCCCCC(C)(Br)S(=O)(=NN1C(=O)c2ccccc2C1=O)c1ccc(C)cc1. The van der Waals surface area contributed by atoms with Gasteiger partial charge in [-0.2, -0.15) is 0 Å². The molecule has 3 rings (SSSR count). The number of carbonyl (C=O) groups excluding carboxylic acids is 2. The van der Waals surface area contributed by atoms with E-state index in [0.29, 0.717) is 11.3 Å². The molecule has 0 saturated carbocycles. The third kappa shape index (κ3) is 4.23. The van der Waals surface area contributed by atoms with Gasteiger partial charge in [0.15, 0.2) is 0 Å². The highest BCUT2D eigenvalue weighted by Gasteiger charge is 2.41. The zero-order chi connectivity index (χ0) is 21.9. The van der Waals surface area contributed by atoms with Gasteiger partial charge in [0.1, 0.15) is 13.4 Å². The molecule has 0 aromatic heterocycles. The fraction of sp³-hybridized carbons (Fsp3) is 0.391. The highest BCUT2D eigenvalue weighted by molar-refractivity contribution is 9.11. The quantitative estimate of drug-likeness (QED) is 0.254. The summed E-state index contributed by atoms with van der Waals surface area (Å²) in [6.45, 7) is 5.92. The number of alkyl halides is 1. The van der Waals surface area contributed by atoms with E-state index in [1.165, 1.54) is 0 Å². The molecule has 0 aliphatic carbocycles. The summed E-state index contributed by atoms with van der Waals surface area (Å²) in [5.41, 5.74) is 1.60. The van der Waals surface area contributed by atoms with E-state index in [2.05, 4.69) is 27.3 Å². The number of fused-ring (bicyclic) bond motifs is 1. The van der Waals surface area contributed by atoms with Gasteiger partial charge >= 0.3 is 0 Å². The summed E-state index contributed by atoms with van der Waals surface area (Å²) >= 11 is 3.68. The molecule has 0 spiro atoms. The average molecular weight is 491 g/mol. The molecule has 5 nitrogen and oxygen atoms in total. The van der Waals surface area contributed by atoms with Crippen LogP contribution in [0.3, 0.4) is 0 Å². The van der Waals surface area contributed by atoms with E-state index in [9.17, 15) is 13.8 Å². The van der Waals surface area contributed by atoms with Crippen molar-refractivity contribution < 1.29 is 13.8 Å². The molecule has 1 heterocycles. The molecule has 2 amide bonds. The van der Waals surface area contributed by atoms with Crippen molar-refractivity contribution in [3.05, 3.63) is 65.2 Å². The Morgan fingerprint density at radius 1 is 0.967 bits per heavy atom.